The van der Waals surface area contributed by atoms with Gasteiger partial charge in [-0.05, 0) is 36.8 Å². The number of nitrogen functional groups attached to an aromatic ring is 2. The number of rotatable bonds is 1. The summed E-state index contributed by atoms with van der Waals surface area (Å²) in [6, 6.07) is 6.28. The van der Waals surface area contributed by atoms with E-state index in [1.807, 2.05) is 13.0 Å². The van der Waals surface area contributed by atoms with E-state index in [-0.39, 0.29) is 5.82 Å². The van der Waals surface area contributed by atoms with Gasteiger partial charge in [0, 0.05) is 11.8 Å². The van der Waals surface area contributed by atoms with Crippen molar-refractivity contribution >= 4 is 11.4 Å². The SMILES string of the molecule is Cc1cc(F)cc(-c2nccc(N)c2N)c1. The van der Waals surface area contributed by atoms with Crippen molar-refractivity contribution < 1.29 is 4.39 Å². The van der Waals surface area contributed by atoms with Crippen LogP contribution in [-0.4, -0.2) is 4.98 Å². The van der Waals surface area contributed by atoms with Gasteiger partial charge in [0.05, 0.1) is 17.1 Å². The number of pyridine rings is 1. The summed E-state index contributed by atoms with van der Waals surface area (Å²) in [5.74, 6) is -0.307. The molecular weight excluding hydrogens is 205 g/mol. The molecule has 0 amide bonds. The summed E-state index contributed by atoms with van der Waals surface area (Å²) in [4.78, 5) is 4.12. The Hall–Kier alpha value is -2.10. The van der Waals surface area contributed by atoms with Crippen LogP contribution in [0.15, 0.2) is 30.5 Å². The van der Waals surface area contributed by atoms with Gasteiger partial charge in [-0.3, -0.25) is 4.98 Å². The lowest BCUT2D eigenvalue weighted by Gasteiger charge is -2.07. The minimum atomic E-state index is -0.307. The smallest absolute Gasteiger partial charge is 0.124 e. The van der Waals surface area contributed by atoms with Gasteiger partial charge >= 0.3 is 0 Å². The summed E-state index contributed by atoms with van der Waals surface area (Å²) in [6.07, 6.45) is 1.56. The van der Waals surface area contributed by atoms with Crippen molar-refractivity contribution in [3.63, 3.8) is 0 Å². The van der Waals surface area contributed by atoms with Crippen molar-refractivity contribution in [1.82, 2.24) is 4.98 Å². The Labute approximate surface area is 92.9 Å². The molecule has 3 nitrogen and oxygen atoms in total. The molecule has 0 saturated heterocycles. The summed E-state index contributed by atoms with van der Waals surface area (Å²) in [7, 11) is 0. The monoisotopic (exact) mass is 217 g/mol. The van der Waals surface area contributed by atoms with Crippen LogP contribution in [0.1, 0.15) is 5.56 Å². The normalized spacial score (nSPS) is 10.4. The first-order valence-corrected chi connectivity index (χ1v) is 4.85. The molecule has 2 rings (SSSR count). The van der Waals surface area contributed by atoms with Gasteiger partial charge in [0.1, 0.15) is 5.82 Å². The van der Waals surface area contributed by atoms with Gasteiger partial charge < -0.3 is 11.5 Å². The highest BCUT2D eigenvalue weighted by Gasteiger charge is 2.08. The highest BCUT2D eigenvalue weighted by atomic mass is 19.1. The van der Waals surface area contributed by atoms with E-state index < -0.39 is 0 Å². The largest absolute Gasteiger partial charge is 0.397 e. The van der Waals surface area contributed by atoms with Crippen molar-refractivity contribution in [2.24, 2.45) is 0 Å². The lowest BCUT2D eigenvalue weighted by Crippen LogP contribution is -1.99. The molecule has 0 aliphatic rings. The second kappa shape index (κ2) is 3.81. The molecule has 4 heteroatoms. The highest BCUT2D eigenvalue weighted by molar-refractivity contribution is 5.81. The Kier molecular flexibility index (Phi) is 2.48. The van der Waals surface area contributed by atoms with E-state index in [4.69, 9.17) is 11.5 Å². The van der Waals surface area contributed by atoms with Crippen LogP contribution in [0.4, 0.5) is 15.8 Å². The van der Waals surface area contributed by atoms with E-state index in [2.05, 4.69) is 4.98 Å². The molecular formula is C12H12FN3. The maximum atomic E-state index is 13.2. The summed E-state index contributed by atoms with van der Waals surface area (Å²) in [6.45, 7) is 1.81. The predicted octanol–water partition coefficient (Wildman–Crippen LogP) is 2.36. The third-order valence-corrected chi connectivity index (χ3v) is 2.34. The number of nitrogens with zero attached hydrogens (tertiary/aromatic N) is 1. The number of aromatic nitrogens is 1. The molecule has 0 unspecified atom stereocenters. The van der Waals surface area contributed by atoms with Crippen LogP contribution in [0.5, 0.6) is 0 Å². The first-order chi connectivity index (χ1) is 7.58. The molecule has 0 aliphatic carbocycles. The van der Waals surface area contributed by atoms with Crippen molar-refractivity contribution in [1.29, 1.82) is 0 Å². The van der Waals surface area contributed by atoms with Crippen molar-refractivity contribution in [3.05, 3.63) is 41.8 Å². The van der Waals surface area contributed by atoms with Crippen LogP contribution in [0.2, 0.25) is 0 Å². The van der Waals surface area contributed by atoms with E-state index in [0.29, 0.717) is 22.6 Å². The van der Waals surface area contributed by atoms with E-state index in [0.717, 1.165) is 5.56 Å². The van der Waals surface area contributed by atoms with Gasteiger partial charge in [-0.2, -0.15) is 0 Å². The van der Waals surface area contributed by atoms with Gasteiger partial charge in [-0.1, -0.05) is 0 Å². The molecule has 0 aliphatic heterocycles. The van der Waals surface area contributed by atoms with Crippen LogP contribution in [-0.2, 0) is 0 Å². The van der Waals surface area contributed by atoms with E-state index in [1.54, 1.807) is 12.3 Å². The van der Waals surface area contributed by atoms with Crippen molar-refractivity contribution in [2.75, 3.05) is 11.5 Å². The molecule has 0 bridgehead atoms. The average molecular weight is 217 g/mol. The zero-order chi connectivity index (χ0) is 11.7. The van der Waals surface area contributed by atoms with Crippen LogP contribution in [0.25, 0.3) is 11.3 Å². The fraction of sp³-hybridized carbons (Fsp3) is 0.0833. The Balaban J connectivity index is 2.63. The summed E-state index contributed by atoms with van der Waals surface area (Å²) in [5.41, 5.74) is 14.3. The summed E-state index contributed by atoms with van der Waals surface area (Å²) in [5, 5.41) is 0. The third-order valence-electron chi connectivity index (χ3n) is 2.34. The Morgan fingerprint density at radius 3 is 2.62 bits per heavy atom. The van der Waals surface area contributed by atoms with E-state index >= 15 is 0 Å². The molecule has 0 radical (unpaired) electrons. The Morgan fingerprint density at radius 1 is 1.19 bits per heavy atom. The van der Waals surface area contributed by atoms with E-state index in [1.165, 1.54) is 12.1 Å². The number of benzene rings is 1. The maximum Gasteiger partial charge on any atom is 0.124 e. The maximum absolute atomic E-state index is 13.2. The van der Waals surface area contributed by atoms with Gasteiger partial charge in [0.15, 0.2) is 0 Å². The molecule has 2 aromatic rings. The fourth-order valence-corrected chi connectivity index (χ4v) is 1.59. The highest BCUT2D eigenvalue weighted by Crippen LogP contribution is 2.28. The predicted molar refractivity (Wildman–Crippen MR) is 63.2 cm³/mol. The molecule has 4 N–H and O–H groups in total. The number of hydrogen-bond donors (Lipinski definition) is 2. The zero-order valence-electron chi connectivity index (χ0n) is 8.87. The fourth-order valence-electron chi connectivity index (χ4n) is 1.59. The lowest BCUT2D eigenvalue weighted by molar-refractivity contribution is 0.627. The molecule has 0 atom stereocenters. The van der Waals surface area contributed by atoms with Crippen molar-refractivity contribution in [3.8, 4) is 11.3 Å². The zero-order valence-corrected chi connectivity index (χ0v) is 8.87. The van der Waals surface area contributed by atoms with Gasteiger partial charge in [-0.15, -0.1) is 0 Å². The Bertz CT molecular complexity index is 518. The summed E-state index contributed by atoms with van der Waals surface area (Å²) < 4.78 is 13.2. The van der Waals surface area contributed by atoms with E-state index in [9.17, 15) is 4.39 Å². The lowest BCUT2D eigenvalue weighted by atomic mass is 10.1. The molecule has 1 heterocycles. The first-order valence-electron chi connectivity index (χ1n) is 4.85. The number of aryl methyl sites for hydroxylation is 1. The topological polar surface area (TPSA) is 64.9 Å². The molecule has 1 aromatic heterocycles. The Morgan fingerprint density at radius 2 is 1.94 bits per heavy atom. The molecule has 82 valence electrons. The molecule has 0 spiro atoms. The first kappa shape index (κ1) is 10.4. The minimum Gasteiger partial charge on any atom is -0.397 e. The van der Waals surface area contributed by atoms with Gasteiger partial charge in [0.2, 0.25) is 0 Å². The standard InChI is InChI=1S/C12H12FN3/c1-7-4-8(6-9(13)5-7)12-11(15)10(14)2-3-16-12/h2-6H,15H2,1H3,(H2,14,16). The second-order valence-corrected chi connectivity index (χ2v) is 3.68. The minimum absolute atomic E-state index is 0.307. The van der Waals surface area contributed by atoms with Crippen LogP contribution < -0.4 is 11.5 Å². The number of anilines is 2. The average Bonchev–Trinajstić information content (AvgIpc) is 2.20. The summed E-state index contributed by atoms with van der Waals surface area (Å²) >= 11 is 0. The third kappa shape index (κ3) is 1.82. The van der Waals surface area contributed by atoms with Crippen molar-refractivity contribution in [2.45, 2.75) is 6.92 Å². The number of hydrogen-bond acceptors (Lipinski definition) is 3. The molecule has 1 aromatic carbocycles. The van der Waals surface area contributed by atoms with Crippen LogP contribution in [0, 0.1) is 12.7 Å². The number of halogens is 1. The van der Waals surface area contributed by atoms with Crippen LogP contribution in [0.3, 0.4) is 0 Å². The second-order valence-electron chi connectivity index (χ2n) is 3.68. The quantitative estimate of drug-likeness (QED) is 0.770. The molecule has 16 heavy (non-hydrogen) atoms. The number of nitrogens with two attached hydrogens (primary N) is 2. The molecule has 0 saturated carbocycles. The molecule has 0 fully saturated rings. The van der Waals surface area contributed by atoms with Crippen LogP contribution >= 0.6 is 0 Å². The van der Waals surface area contributed by atoms with Gasteiger partial charge in [0.25, 0.3) is 0 Å². The van der Waals surface area contributed by atoms with Gasteiger partial charge in [-0.25, -0.2) is 4.39 Å².